The average molecular weight is 414 g/mol. The van der Waals surface area contributed by atoms with Crippen LogP contribution in [0.4, 0.5) is 0 Å². The van der Waals surface area contributed by atoms with Crippen molar-refractivity contribution in [2.24, 2.45) is 0 Å². The summed E-state index contributed by atoms with van der Waals surface area (Å²) in [7, 11) is 0. The molecule has 27 heavy (non-hydrogen) atoms. The number of Topliss-reactive ketones (excluding diaryl/α,β-unsaturated/α-hetero) is 1. The van der Waals surface area contributed by atoms with Gasteiger partial charge in [-0.25, -0.2) is 4.98 Å². The summed E-state index contributed by atoms with van der Waals surface area (Å²) < 4.78 is 2.14. The van der Waals surface area contributed by atoms with Crippen molar-refractivity contribution in [1.82, 2.24) is 9.55 Å². The van der Waals surface area contributed by atoms with E-state index in [9.17, 15) is 4.79 Å². The molecule has 1 aliphatic rings. The maximum atomic E-state index is 12.8. The number of allylic oxidation sites excluding steroid dienone is 1. The van der Waals surface area contributed by atoms with Crippen LogP contribution in [0.25, 0.3) is 11.8 Å². The Balaban J connectivity index is 1.71. The lowest BCUT2D eigenvalue weighted by atomic mass is 10.1. The second kappa shape index (κ2) is 7.11. The van der Waals surface area contributed by atoms with Crippen LogP contribution in [0.2, 0.25) is 5.02 Å². The third-order valence-electron chi connectivity index (χ3n) is 4.53. The van der Waals surface area contributed by atoms with Gasteiger partial charge in [0, 0.05) is 33.7 Å². The van der Waals surface area contributed by atoms with E-state index >= 15 is 0 Å². The van der Waals surface area contributed by atoms with E-state index in [1.807, 2.05) is 49.6 Å². The minimum atomic E-state index is -0.555. The molecular weight excluding hydrogens is 398 g/mol. The minimum absolute atomic E-state index is 0.0451. The highest BCUT2D eigenvalue weighted by atomic mass is 35.5. The number of carbonyl (C=O) groups excluding carboxylic acids is 1. The van der Waals surface area contributed by atoms with Crippen molar-refractivity contribution in [2.75, 3.05) is 0 Å². The molecule has 1 saturated heterocycles. The van der Waals surface area contributed by atoms with Gasteiger partial charge in [-0.3, -0.25) is 10.2 Å². The molecule has 0 unspecified atom stereocenters. The van der Waals surface area contributed by atoms with Crippen molar-refractivity contribution < 1.29 is 4.79 Å². The van der Waals surface area contributed by atoms with Crippen molar-refractivity contribution in [3.8, 4) is 5.69 Å². The van der Waals surface area contributed by atoms with Crippen molar-refractivity contribution in [3.63, 3.8) is 0 Å². The third-order valence-corrected chi connectivity index (χ3v) is 6.61. The first-order chi connectivity index (χ1) is 13.0. The third kappa shape index (κ3) is 3.29. The fourth-order valence-corrected chi connectivity index (χ4v) is 5.18. The maximum absolute atomic E-state index is 12.8. The molecule has 0 radical (unpaired) electrons. The molecule has 0 bridgehead atoms. The van der Waals surface area contributed by atoms with Crippen LogP contribution in [0.15, 0.2) is 46.8 Å². The number of aryl methyl sites for hydroxylation is 1. The minimum Gasteiger partial charge on any atom is -0.318 e. The number of carbonyl (C=O) groups is 1. The fraction of sp³-hybridized carbons (Fsp3) is 0.150. The lowest BCUT2D eigenvalue weighted by Crippen LogP contribution is -2.11. The second-order valence-corrected chi connectivity index (χ2v) is 8.73. The van der Waals surface area contributed by atoms with Crippen LogP contribution in [0.3, 0.4) is 0 Å². The zero-order chi connectivity index (χ0) is 19.1. The van der Waals surface area contributed by atoms with Crippen LogP contribution in [-0.4, -0.2) is 20.4 Å². The van der Waals surface area contributed by atoms with Crippen molar-refractivity contribution >= 4 is 51.6 Å². The van der Waals surface area contributed by atoms with E-state index < -0.39 is 5.92 Å². The maximum Gasteiger partial charge on any atom is 0.186 e. The highest BCUT2D eigenvalue weighted by Gasteiger charge is 2.38. The van der Waals surface area contributed by atoms with Gasteiger partial charge in [0.2, 0.25) is 0 Å². The van der Waals surface area contributed by atoms with Crippen LogP contribution in [0.5, 0.6) is 0 Å². The summed E-state index contributed by atoms with van der Waals surface area (Å²) in [4.78, 5) is 17.7. The molecule has 1 aromatic carbocycles. The first-order valence-corrected chi connectivity index (χ1v) is 10.4. The van der Waals surface area contributed by atoms with Crippen LogP contribution in [0.1, 0.15) is 27.9 Å². The highest BCUT2D eigenvalue weighted by molar-refractivity contribution is 8.19. The van der Waals surface area contributed by atoms with Gasteiger partial charge in [-0.15, -0.1) is 11.3 Å². The molecule has 3 aromatic rings. The van der Waals surface area contributed by atoms with Gasteiger partial charge in [-0.05, 0) is 55.8 Å². The van der Waals surface area contributed by atoms with E-state index in [-0.39, 0.29) is 5.78 Å². The number of benzene rings is 1. The molecule has 136 valence electrons. The summed E-state index contributed by atoms with van der Waals surface area (Å²) in [5.41, 5.74) is 4.12. The summed E-state index contributed by atoms with van der Waals surface area (Å²) in [5.74, 6) is -0.600. The zero-order valence-corrected chi connectivity index (χ0v) is 17.1. The summed E-state index contributed by atoms with van der Waals surface area (Å²) in [5, 5.41) is 11.8. The van der Waals surface area contributed by atoms with E-state index in [2.05, 4.69) is 15.6 Å². The molecule has 1 fully saturated rings. The monoisotopic (exact) mass is 413 g/mol. The van der Waals surface area contributed by atoms with Crippen molar-refractivity contribution in [3.05, 3.63) is 73.8 Å². The molecule has 4 nitrogen and oxygen atoms in total. The number of thioether (sulfide) groups is 1. The van der Waals surface area contributed by atoms with E-state index in [0.717, 1.165) is 22.6 Å². The standard InChI is InChI=1S/C20H16ClN3OS2/c1-11-9-13(12(2)24(11)15-5-3-14(21)4-6-15)10-16-18(25)17(19(22)27-16)20-23-7-8-26-20/h3-10,17,22H,1-2H3/b16-10-,22-19?/t17-/m0/s1. The van der Waals surface area contributed by atoms with Gasteiger partial charge in [0.05, 0.1) is 9.95 Å². The molecule has 7 heteroatoms. The summed E-state index contributed by atoms with van der Waals surface area (Å²) >= 11 is 8.65. The summed E-state index contributed by atoms with van der Waals surface area (Å²) in [6.07, 6.45) is 3.57. The van der Waals surface area contributed by atoms with Gasteiger partial charge in [-0.2, -0.15) is 0 Å². The van der Waals surface area contributed by atoms with Gasteiger partial charge in [0.25, 0.3) is 0 Å². The molecule has 4 rings (SSSR count). The predicted molar refractivity (Wildman–Crippen MR) is 113 cm³/mol. The highest BCUT2D eigenvalue weighted by Crippen LogP contribution is 2.41. The van der Waals surface area contributed by atoms with Gasteiger partial charge in [-0.1, -0.05) is 23.4 Å². The van der Waals surface area contributed by atoms with Crippen LogP contribution in [0, 0.1) is 19.3 Å². The van der Waals surface area contributed by atoms with Gasteiger partial charge >= 0.3 is 0 Å². The molecule has 2 aromatic heterocycles. The normalized spacial score (nSPS) is 18.6. The molecule has 1 atom stereocenters. The first-order valence-electron chi connectivity index (χ1n) is 8.32. The van der Waals surface area contributed by atoms with E-state index in [1.54, 1.807) is 6.20 Å². The van der Waals surface area contributed by atoms with Crippen LogP contribution >= 0.6 is 34.7 Å². The Bertz CT molecular complexity index is 1070. The van der Waals surface area contributed by atoms with E-state index in [4.69, 9.17) is 17.0 Å². The van der Waals surface area contributed by atoms with Gasteiger partial charge in [0.1, 0.15) is 10.9 Å². The fourth-order valence-electron chi connectivity index (χ4n) is 3.25. The Morgan fingerprint density at radius 2 is 2.00 bits per heavy atom. The Kier molecular flexibility index (Phi) is 4.80. The Morgan fingerprint density at radius 3 is 2.67 bits per heavy atom. The Morgan fingerprint density at radius 1 is 1.26 bits per heavy atom. The van der Waals surface area contributed by atoms with Crippen LogP contribution < -0.4 is 0 Å². The molecule has 3 heterocycles. The van der Waals surface area contributed by atoms with Gasteiger partial charge < -0.3 is 4.57 Å². The van der Waals surface area contributed by atoms with Crippen molar-refractivity contribution in [1.29, 1.82) is 5.41 Å². The number of hydrogen-bond donors (Lipinski definition) is 1. The number of nitrogens with one attached hydrogen (secondary N) is 1. The molecule has 0 amide bonds. The van der Waals surface area contributed by atoms with E-state index in [0.29, 0.717) is 20.0 Å². The first kappa shape index (κ1) is 18.2. The number of hydrogen-bond acceptors (Lipinski definition) is 5. The topological polar surface area (TPSA) is 58.7 Å². The Labute approximate surface area is 170 Å². The largest absolute Gasteiger partial charge is 0.318 e. The Hall–Kier alpha value is -2.15. The zero-order valence-electron chi connectivity index (χ0n) is 14.7. The molecule has 0 saturated carbocycles. The number of thiazole rings is 1. The molecular formula is C20H16ClN3OS2. The molecule has 0 spiro atoms. The number of nitrogens with zero attached hydrogens (tertiary/aromatic N) is 2. The molecule has 1 N–H and O–H groups in total. The molecule has 0 aliphatic carbocycles. The number of ketones is 1. The number of halogens is 1. The average Bonchev–Trinajstić information content (AvgIpc) is 3.31. The SMILES string of the molecule is Cc1cc(/C=C2\SC(=N)[C@@H](c3nccs3)C2=O)c(C)n1-c1ccc(Cl)cc1. The predicted octanol–water partition coefficient (Wildman–Crippen LogP) is 5.62. The quantitative estimate of drug-likeness (QED) is 0.566. The van der Waals surface area contributed by atoms with Crippen molar-refractivity contribution in [2.45, 2.75) is 19.8 Å². The summed E-state index contributed by atoms with van der Waals surface area (Å²) in [6, 6.07) is 9.74. The molecule has 1 aliphatic heterocycles. The number of rotatable bonds is 3. The van der Waals surface area contributed by atoms with Crippen LogP contribution in [-0.2, 0) is 4.79 Å². The lowest BCUT2D eigenvalue weighted by molar-refractivity contribution is -0.114. The number of aromatic nitrogens is 2. The second-order valence-electron chi connectivity index (χ2n) is 6.28. The summed E-state index contributed by atoms with van der Waals surface area (Å²) in [6.45, 7) is 4.06. The van der Waals surface area contributed by atoms with E-state index in [1.165, 1.54) is 23.1 Å². The smallest absolute Gasteiger partial charge is 0.186 e. The lowest BCUT2D eigenvalue weighted by Gasteiger charge is -2.09. The van der Waals surface area contributed by atoms with Gasteiger partial charge in [0.15, 0.2) is 5.78 Å².